The summed E-state index contributed by atoms with van der Waals surface area (Å²) in [5.41, 5.74) is 1.77. The molecule has 0 spiro atoms. The second-order valence-corrected chi connectivity index (χ2v) is 2.56. The van der Waals surface area contributed by atoms with Gasteiger partial charge < -0.3 is 10.2 Å². The van der Waals surface area contributed by atoms with Crippen molar-refractivity contribution < 1.29 is 17.9 Å². The maximum Gasteiger partial charge on any atom is 0.416 e. The highest BCUT2D eigenvalue weighted by molar-refractivity contribution is 5.85. The van der Waals surface area contributed by atoms with Crippen molar-refractivity contribution in [3.05, 3.63) is 23.8 Å². The fourth-order valence-corrected chi connectivity index (χ4v) is 0.987. The van der Waals surface area contributed by atoms with Crippen LogP contribution < -0.4 is 16.0 Å². The highest BCUT2D eigenvalue weighted by Crippen LogP contribution is 2.34. The molecule has 15 heavy (non-hydrogen) atoms. The van der Waals surface area contributed by atoms with E-state index in [0.717, 1.165) is 12.1 Å². The van der Waals surface area contributed by atoms with Crippen LogP contribution in [0.2, 0.25) is 0 Å². The fourth-order valence-electron chi connectivity index (χ4n) is 0.987. The van der Waals surface area contributed by atoms with E-state index < -0.39 is 11.7 Å². The lowest BCUT2D eigenvalue weighted by molar-refractivity contribution is -0.137. The smallest absolute Gasteiger partial charge is 0.416 e. The number of hydrogen-bond donors (Lipinski definition) is 2. The van der Waals surface area contributed by atoms with Gasteiger partial charge in [0.1, 0.15) is 5.75 Å². The van der Waals surface area contributed by atoms with Crippen LogP contribution in [0.4, 0.5) is 18.9 Å². The molecular weight excluding hydrogens is 233 g/mol. The van der Waals surface area contributed by atoms with Crippen LogP contribution in [0.5, 0.6) is 5.75 Å². The van der Waals surface area contributed by atoms with Gasteiger partial charge in [-0.05, 0) is 18.2 Å². The minimum atomic E-state index is -4.37. The topological polar surface area (TPSA) is 47.3 Å². The molecule has 0 saturated carbocycles. The number of hydrogen-bond acceptors (Lipinski definition) is 3. The minimum Gasteiger partial charge on any atom is -0.495 e. The zero-order valence-corrected chi connectivity index (χ0v) is 8.58. The van der Waals surface area contributed by atoms with Crippen LogP contribution in [0.25, 0.3) is 0 Å². The van der Waals surface area contributed by atoms with Gasteiger partial charge in [-0.1, -0.05) is 0 Å². The van der Waals surface area contributed by atoms with Gasteiger partial charge in [-0.25, -0.2) is 0 Å². The molecule has 0 heterocycles. The number of nitrogens with one attached hydrogen (secondary N) is 1. The van der Waals surface area contributed by atoms with Gasteiger partial charge in [-0.3, -0.25) is 5.84 Å². The number of nitrogens with two attached hydrogens (primary N) is 1. The standard InChI is InChI=1S/C8H9F3N2O.ClH/c1-14-7-4-5(8(9,10)11)2-3-6(7)13-12;/h2-4,13H,12H2,1H3;1H. The van der Waals surface area contributed by atoms with E-state index in [9.17, 15) is 13.2 Å². The van der Waals surface area contributed by atoms with Crippen molar-refractivity contribution in [2.75, 3.05) is 12.5 Å². The van der Waals surface area contributed by atoms with E-state index in [-0.39, 0.29) is 18.2 Å². The number of rotatable bonds is 2. The third-order valence-corrected chi connectivity index (χ3v) is 1.68. The number of anilines is 1. The molecule has 0 unspecified atom stereocenters. The van der Waals surface area contributed by atoms with Gasteiger partial charge in [0, 0.05) is 0 Å². The lowest BCUT2D eigenvalue weighted by atomic mass is 10.2. The molecule has 0 atom stereocenters. The van der Waals surface area contributed by atoms with Gasteiger partial charge in [0.25, 0.3) is 0 Å². The van der Waals surface area contributed by atoms with Crippen molar-refractivity contribution in [2.24, 2.45) is 5.84 Å². The van der Waals surface area contributed by atoms with E-state index in [4.69, 9.17) is 10.6 Å². The third-order valence-electron chi connectivity index (χ3n) is 1.68. The maximum absolute atomic E-state index is 12.2. The van der Waals surface area contributed by atoms with Crippen LogP contribution >= 0.6 is 12.4 Å². The van der Waals surface area contributed by atoms with Gasteiger partial charge in [-0.2, -0.15) is 13.2 Å². The predicted molar refractivity (Wildman–Crippen MR) is 53.1 cm³/mol. The number of halogens is 4. The van der Waals surface area contributed by atoms with Crippen molar-refractivity contribution >= 4 is 18.1 Å². The highest BCUT2D eigenvalue weighted by atomic mass is 35.5. The molecule has 3 nitrogen and oxygen atoms in total. The second-order valence-electron chi connectivity index (χ2n) is 2.56. The number of alkyl halides is 3. The Morgan fingerprint density at radius 3 is 2.33 bits per heavy atom. The highest BCUT2D eigenvalue weighted by Gasteiger charge is 2.31. The Balaban J connectivity index is 0.00000196. The summed E-state index contributed by atoms with van der Waals surface area (Å²) in [7, 11) is 1.27. The van der Waals surface area contributed by atoms with Crippen LogP contribution in [-0.4, -0.2) is 7.11 Å². The summed E-state index contributed by atoms with van der Waals surface area (Å²) in [5, 5.41) is 0. The molecule has 0 radical (unpaired) electrons. The normalized spacial score (nSPS) is 10.5. The Bertz CT molecular complexity index is 330. The third kappa shape index (κ3) is 3.17. The molecule has 1 rings (SSSR count). The van der Waals surface area contributed by atoms with E-state index in [1.807, 2.05) is 0 Å². The second kappa shape index (κ2) is 5.09. The van der Waals surface area contributed by atoms with Gasteiger partial charge in [-0.15, -0.1) is 12.4 Å². The number of hydrazine groups is 1. The Labute approximate surface area is 90.8 Å². The molecule has 0 aromatic heterocycles. The largest absolute Gasteiger partial charge is 0.495 e. The zero-order chi connectivity index (χ0) is 10.8. The van der Waals surface area contributed by atoms with Gasteiger partial charge >= 0.3 is 6.18 Å². The number of benzene rings is 1. The number of methoxy groups -OCH3 is 1. The SMILES string of the molecule is COc1cc(C(F)(F)F)ccc1NN.Cl. The molecule has 0 aliphatic heterocycles. The van der Waals surface area contributed by atoms with Crippen LogP contribution in [0.1, 0.15) is 5.56 Å². The fraction of sp³-hybridized carbons (Fsp3) is 0.250. The molecule has 3 N–H and O–H groups in total. The summed E-state index contributed by atoms with van der Waals surface area (Å²) in [6.07, 6.45) is -4.37. The van der Waals surface area contributed by atoms with Crippen LogP contribution in [-0.2, 0) is 6.18 Å². The molecule has 86 valence electrons. The molecular formula is C8H10ClF3N2O. The first kappa shape index (κ1) is 13.9. The molecule has 0 fully saturated rings. The average molecular weight is 243 g/mol. The van der Waals surface area contributed by atoms with Gasteiger partial charge in [0.05, 0.1) is 18.4 Å². The Kier molecular flexibility index (Phi) is 4.70. The summed E-state index contributed by atoms with van der Waals surface area (Å²) in [4.78, 5) is 0. The summed E-state index contributed by atoms with van der Waals surface area (Å²) in [6, 6.07) is 3.02. The summed E-state index contributed by atoms with van der Waals surface area (Å²) in [5.74, 6) is 5.13. The van der Waals surface area contributed by atoms with E-state index in [1.165, 1.54) is 13.2 Å². The van der Waals surface area contributed by atoms with Crippen molar-refractivity contribution in [2.45, 2.75) is 6.18 Å². The van der Waals surface area contributed by atoms with Gasteiger partial charge in [0.2, 0.25) is 0 Å². The molecule has 0 saturated heterocycles. The first-order chi connectivity index (χ1) is 6.49. The molecule has 0 aliphatic rings. The monoisotopic (exact) mass is 242 g/mol. The lowest BCUT2D eigenvalue weighted by Crippen LogP contribution is -2.10. The quantitative estimate of drug-likeness (QED) is 0.619. The number of nitrogen functional groups attached to an aromatic ring is 1. The molecule has 0 bridgehead atoms. The van der Waals surface area contributed by atoms with E-state index in [1.54, 1.807) is 0 Å². The zero-order valence-electron chi connectivity index (χ0n) is 7.76. The van der Waals surface area contributed by atoms with Crippen molar-refractivity contribution in [1.29, 1.82) is 0 Å². The Morgan fingerprint density at radius 2 is 1.93 bits per heavy atom. The van der Waals surface area contributed by atoms with E-state index in [0.29, 0.717) is 5.69 Å². The van der Waals surface area contributed by atoms with Gasteiger partial charge in [0.15, 0.2) is 0 Å². The average Bonchev–Trinajstić information content (AvgIpc) is 2.15. The maximum atomic E-state index is 12.2. The molecule has 7 heteroatoms. The molecule has 1 aromatic rings. The summed E-state index contributed by atoms with van der Waals surface area (Å²) in [6.45, 7) is 0. The summed E-state index contributed by atoms with van der Waals surface area (Å²) < 4.78 is 41.4. The predicted octanol–water partition coefficient (Wildman–Crippen LogP) is 2.42. The first-order valence-corrected chi connectivity index (χ1v) is 3.71. The number of ether oxygens (including phenoxy) is 1. The van der Waals surface area contributed by atoms with Crippen LogP contribution in [0, 0.1) is 0 Å². The lowest BCUT2D eigenvalue weighted by Gasteiger charge is -2.11. The Hall–Kier alpha value is -1.14. The summed E-state index contributed by atoms with van der Waals surface area (Å²) >= 11 is 0. The molecule has 1 aromatic carbocycles. The van der Waals surface area contributed by atoms with Crippen LogP contribution in [0.15, 0.2) is 18.2 Å². The van der Waals surface area contributed by atoms with Crippen molar-refractivity contribution in [3.63, 3.8) is 0 Å². The van der Waals surface area contributed by atoms with E-state index >= 15 is 0 Å². The van der Waals surface area contributed by atoms with Crippen molar-refractivity contribution in [3.8, 4) is 5.75 Å². The molecule has 0 amide bonds. The Morgan fingerprint density at radius 1 is 1.33 bits per heavy atom. The first-order valence-electron chi connectivity index (χ1n) is 3.71. The van der Waals surface area contributed by atoms with Crippen LogP contribution in [0.3, 0.4) is 0 Å². The van der Waals surface area contributed by atoms with Crippen molar-refractivity contribution in [1.82, 2.24) is 0 Å². The van der Waals surface area contributed by atoms with E-state index in [2.05, 4.69) is 5.43 Å². The molecule has 0 aliphatic carbocycles. The minimum absolute atomic E-state index is 0.